The van der Waals surface area contributed by atoms with Gasteiger partial charge in [-0.1, -0.05) is 0 Å². The molecule has 0 aromatic carbocycles. The van der Waals surface area contributed by atoms with E-state index in [0.29, 0.717) is 19.4 Å². The van der Waals surface area contributed by atoms with Crippen LogP contribution >= 0.6 is 0 Å². The molecular formula is C15H25N3O5. The molecule has 0 aromatic heterocycles. The van der Waals surface area contributed by atoms with E-state index < -0.39 is 35.3 Å². The molecule has 0 bridgehead atoms. The highest BCUT2D eigenvalue weighted by Gasteiger charge is 2.62. The van der Waals surface area contributed by atoms with Crippen molar-refractivity contribution in [3.8, 4) is 0 Å². The molecule has 2 aliphatic rings. The largest absolute Gasteiger partial charge is 0.444 e. The number of rotatable bonds is 3. The van der Waals surface area contributed by atoms with Crippen molar-refractivity contribution in [1.82, 2.24) is 9.80 Å². The topological polar surface area (TPSA) is 113 Å². The minimum Gasteiger partial charge on any atom is -0.444 e. The molecule has 2 saturated heterocycles. The van der Waals surface area contributed by atoms with Crippen molar-refractivity contribution < 1.29 is 24.2 Å². The summed E-state index contributed by atoms with van der Waals surface area (Å²) in [4.78, 5) is 39.2. The van der Waals surface area contributed by atoms with Crippen LogP contribution in [0.5, 0.6) is 0 Å². The summed E-state index contributed by atoms with van der Waals surface area (Å²) >= 11 is 0. The quantitative estimate of drug-likeness (QED) is 0.699. The van der Waals surface area contributed by atoms with E-state index in [1.54, 1.807) is 20.8 Å². The standard InChI is InChI=1S/C15H25N3O5/c1-9(19)10(11(16)20)17-8-15(12(17)21)6-5-7-18(15)13(22)23-14(2,3)4/h9-10,19H,5-8H2,1-4H3,(H2,16,20)/t9?,10-,15-/m0/s1. The number of aliphatic hydroxyl groups excluding tert-OH is 1. The Hall–Kier alpha value is -1.83. The van der Waals surface area contributed by atoms with E-state index in [1.165, 1.54) is 16.7 Å². The molecule has 2 rings (SSSR count). The zero-order valence-corrected chi connectivity index (χ0v) is 14.0. The molecule has 3 amide bonds. The second-order valence-electron chi connectivity index (χ2n) is 7.29. The van der Waals surface area contributed by atoms with Crippen molar-refractivity contribution in [3.05, 3.63) is 0 Å². The van der Waals surface area contributed by atoms with Gasteiger partial charge in [0, 0.05) is 6.54 Å². The van der Waals surface area contributed by atoms with Gasteiger partial charge in [0.05, 0.1) is 12.6 Å². The van der Waals surface area contributed by atoms with Gasteiger partial charge in [-0.05, 0) is 40.5 Å². The maximum atomic E-state index is 12.7. The van der Waals surface area contributed by atoms with Crippen molar-refractivity contribution in [2.24, 2.45) is 5.73 Å². The summed E-state index contributed by atoms with van der Waals surface area (Å²) in [7, 11) is 0. The monoisotopic (exact) mass is 327 g/mol. The Morgan fingerprint density at radius 2 is 2.00 bits per heavy atom. The minimum atomic E-state index is -1.07. The van der Waals surface area contributed by atoms with Crippen LogP contribution < -0.4 is 5.73 Å². The van der Waals surface area contributed by atoms with Gasteiger partial charge in [0.1, 0.15) is 17.2 Å². The summed E-state index contributed by atoms with van der Waals surface area (Å²) in [6.07, 6.45) is -0.387. The molecule has 0 saturated carbocycles. The number of hydrogen-bond donors (Lipinski definition) is 2. The van der Waals surface area contributed by atoms with Gasteiger partial charge in [0.15, 0.2) is 0 Å². The lowest BCUT2D eigenvalue weighted by Gasteiger charge is -2.53. The molecule has 2 heterocycles. The van der Waals surface area contributed by atoms with E-state index in [0.717, 1.165) is 0 Å². The van der Waals surface area contributed by atoms with Gasteiger partial charge < -0.3 is 20.5 Å². The van der Waals surface area contributed by atoms with Gasteiger partial charge in [0.25, 0.3) is 5.91 Å². The van der Waals surface area contributed by atoms with Crippen molar-refractivity contribution in [1.29, 1.82) is 0 Å². The number of carbonyl (C=O) groups is 3. The predicted molar refractivity (Wildman–Crippen MR) is 81.3 cm³/mol. The number of hydrogen-bond acceptors (Lipinski definition) is 5. The molecule has 3 atom stereocenters. The molecule has 2 fully saturated rings. The molecule has 0 aromatic rings. The number of nitrogens with zero attached hydrogens (tertiary/aromatic N) is 2. The lowest BCUT2D eigenvalue weighted by atomic mass is 9.83. The second kappa shape index (κ2) is 5.67. The SMILES string of the molecule is CC(O)[C@@H](C(N)=O)N1C[C@@]2(CCCN2C(=O)OC(C)(C)C)C1=O. The summed E-state index contributed by atoms with van der Waals surface area (Å²) in [5, 5.41) is 9.69. The molecular weight excluding hydrogens is 302 g/mol. The second-order valence-corrected chi connectivity index (χ2v) is 7.29. The number of likely N-dealkylation sites (tertiary alicyclic amines) is 2. The predicted octanol–water partition coefficient (Wildman–Crippen LogP) is -0.167. The normalized spacial score (nSPS) is 26.9. The van der Waals surface area contributed by atoms with Crippen molar-refractivity contribution in [2.75, 3.05) is 13.1 Å². The fourth-order valence-electron chi connectivity index (χ4n) is 3.32. The molecule has 23 heavy (non-hydrogen) atoms. The summed E-state index contributed by atoms with van der Waals surface area (Å²) in [6.45, 7) is 7.32. The van der Waals surface area contributed by atoms with Crippen LogP contribution in [-0.2, 0) is 14.3 Å². The first kappa shape index (κ1) is 17.5. The molecule has 3 N–H and O–H groups in total. The number of amides is 3. The zero-order chi connectivity index (χ0) is 17.6. The Kier molecular flexibility index (Phi) is 4.32. The number of β-lactam (4-membered cyclic amide) rings is 1. The highest BCUT2D eigenvalue weighted by molar-refractivity contribution is 5.99. The Balaban J connectivity index is 2.16. The first-order chi connectivity index (χ1) is 10.5. The smallest absolute Gasteiger partial charge is 0.411 e. The first-order valence-electron chi connectivity index (χ1n) is 7.79. The van der Waals surface area contributed by atoms with Crippen LogP contribution in [-0.4, -0.2) is 69.2 Å². The summed E-state index contributed by atoms with van der Waals surface area (Å²) in [5.74, 6) is -1.12. The highest BCUT2D eigenvalue weighted by Crippen LogP contribution is 2.41. The maximum absolute atomic E-state index is 12.7. The Morgan fingerprint density at radius 1 is 1.39 bits per heavy atom. The van der Waals surface area contributed by atoms with Gasteiger partial charge in [-0.15, -0.1) is 0 Å². The van der Waals surface area contributed by atoms with Crippen LogP contribution in [0.2, 0.25) is 0 Å². The van der Waals surface area contributed by atoms with Crippen LogP contribution in [0.3, 0.4) is 0 Å². The fourth-order valence-corrected chi connectivity index (χ4v) is 3.32. The molecule has 0 aliphatic carbocycles. The highest BCUT2D eigenvalue weighted by atomic mass is 16.6. The number of carbonyl (C=O) groups excluding carboxylic acids is 3. The van der Waals surface area contributed by atoms with Crippen LogP contribution in [0, 0.1) is 0 Å². The van der Waals surface area contributed by atoms with Crippen molar-refractivity contribution in [2.45, 2.75) is 63.8 Å². The van der Waals surface area contributed by atoms with E-state index in [9.17, 15) is 19.5 Å². The van der Waals surface area contributed by atoms with E-state index in [4.69, 9.17) is 10.5 Å². The minimum absolute atomic E-state index is 0.184. The van der Waals surface area contributed by atoms with E-state index in [1.807, 2.05) is 0 Å². The zero-order valence-electron chi connectivity index (χ0n) is 14.0. The van der Waals surface area contributed by atoms with Crippen LogP contribution in [0.25, 0.3) is 0 Å². The van der Waals surface area contributed by atoms with Gasteiger partial charge >= 0.3 is 6.09 Å². The molecule has 8 heteroatoms. The summed E-state index contributed by atoms with van der Waals surface area (Å²) in [6, 6.07) is -1.07. The van der Waals surface area contributed by atoms with Gasteiger partial charge in [0.2, 0.25) is 5.91 Å². The first-order valence-corrected chi connectivity index (χ1v) is 7.79. The molecule has 8 nitrogen and oxygen atoms in total. The van der Waals surface area contributed by atoms with Gasteiger partial charge in [-0.25, -0.2) is 4.79 Å². The number of nitrogens with two attached hydrogens (primary N) is 1. The average molecular weight is 327 g/mol. The number of ether oxygens (including phenoxy) is 1. The Morgan fingerprint density at radius 3 is 2.43 bits per heavy atom. The molecule has 130 valence electrons. The van der Waals surface area contributed by atoms with E-state index in [2.05, 4.69) is 0 Å². The lowest BCUT2D eigenvalue weighted by Crippen LogP contribution is -2.77. The van der Waals surface area contributed by atoms with Crippen molar-refractivity contribution >= 4 is 17.9 Å². The van der Waals surface area contributed by atoms with Crippen molar-refractivity contribution in [3.63, 3.8) is 0 Å². The fraction of sp³-hybridized carbons (Fsp3) is 0.800. The third-order valence-corrected chi connectivity index (χ3v) is 4.28. The average Bonchev–Trinajstić information content (AvgIpc) is 2.81. The Labute approximate surface area is 135 Å². The van der Waals surface area contributed by atoms with E-state index >= 15 is 0 Å². The maximum Gasteiger partial charge on any atom is 0.411 e. The lowest BCUT2D eigenvalue weighted by molar-refractivity contribution is -0.171. The molecule has 1 spiro atoms. The van der Waals surface area contributed by atoms with Crippen LogP contribution in [0.15, 0.2) is 0 Å². The number of primary amides is 1. The summed E-state index contributed by atoms with van der Waals surface area (Å²) < 4.78 is 5.37. The third-order valence-electron chi connectivity index (χ3n) is 4.28. The Bertz CT molecular complexity index is 528. The molecule has 0 radical (unpaired) electrons. The van der Waals surface area contributed by atoms with Crippen LogP contribution in [0.1, 0.15) is 40.5 Å². The molecule has 2 aliphatic heterocycles. The van der Waals surface area contributed by atoms with E-state index in [-0.39, 0.29) is 12.5 Å². The summed E-state index contributed by atoms with van der Waals surface area (Å²) in [5.41, 5.74) is 3.66. The van der Waals surface area contributed by atoms with Crippen LogP contribution in [0.4, 0.5) is 4.79 Å². The van der Waals surface area contributed by atoms with Gasteiger partial charge in [-0.3, -0.25) is 14.5 Å². The number of aliphatic hydroxyl groups is 1. The molecule has 1 unspecified atom stereocenters. The van der Waals surface area contributed by atoms with Gasteiger partial charge in [-0.2, -0.15) is 0 Å². The third kappa shape index (κ3) is 2.99.